The van der Waals surface area contributed by atoms with Crippen molar-refractivity contribution >= 4 is 21.4 Å². The monoisotopic (exact) mass is 281 g/mol. The van der Waals surface area contributed by atoms with E-state index in [0.29, 0.717) is 5.69 Å². The van der Waals surface area contributed by atoms with Crippen LogP contribution in [0.1, 0.15) is 25.7 Å². The quantitative estimate of drug-likeness (QED) is 0.854. The Morgan fingerprint density at radius 1 is 1.21 bits per heavy atom. The standard InChI is InChI=1S/C14H19NO3S/c1-15(14(16)11-7-3-4-8-11)12-9-5-6-10-13(12)19(2,17)18/h5-6,9-11H,3-4,7-8H2,1-2H3. The molecule has 1 aromatic carbocycles. The van der Waals surface area contributed by atoms with Gasteiger partial charge in [-0.15, -0.1) is 0 Å². The van der Waals surface area contributed by atoms with Gasteiger partial charge in [0.15, 0.2) is 9.84 Å². The summed E-state index contributed by atoms with van der Waals surface area (Å²) in [4.78, 5) is 14.1. The first-order valence-corrected chi connectivity index (χ1v) is 8.37. The Morgan fingerprint density at radius 2 is 1.79 bits per heavy atom. The Morgan fingerprint density at radius 3 is 2.37 bits per heavy atom. The van der Waals surface area contributed by atoms with Crippen LogP contribution in [-0.4, -0.2) is 27.6 Å². The van der Waals surface area contributed by atoms with Gasteiger partial charge in [-0.05, 0) is 25.0 Å². The first-order chi connectivity index (χ1) is 8.91. The smallest absolute Gasteiger partial charge is 0.229 e. The molecule has 0 aliphatic heterocycles. The number of hydrogen-bond donors (Lipinski definition) is 0. The van der Waals surface area contributed by atoms with Crippen LogP contribution < -0.4 is 4.90 Å². The van der Waals surface area contributed by atoms with Gasteiger partial charge in [-0.2, -0.15) is 0 Å². The summed E-state index contributed by atoms with van der Waals surface area (Å²) >= 11 is 0. The summed E-state index contributed by atoms with van der Waals surface area (Å²) in [7, 11) is -1.67. The SMILES string of the molecule is CN(C(=O)C1CCCC1)c1ccccc1S(C)(=O)=O. The number of benzene rings is 1. The lowest BCUT2D eigenvalue weighted by atomic mass is 10.1. The molecule has 1 fully saturated rings. The highest BCUT2D eigenvalue weighted by molar-refractivity contribution is 7.90. The molecule has 1 aromatic rings. The summed E-state index contributed by atoms with van der Waals surface area (Å²) in [5, 5.41) is 0. The van der Waals surface area contributed by atoms with Crippen molar-refractivity contribution in [2.75, 3.05) is 18.2 Å². The summed E-state index contributed by atoms with van der Waals surface area (Å²) in [6, 6.07) is 6.66. The molecule has 1 aliphatic rings. The molecule has 1 amide bonds. The Kier molecular flexibility index (Phi) is 3.94. The zero-order valence-corrected chi connectivity index (χ0v) is 12.1. The molecular formula is C14H19NO3S. The molecule has 0 radical (unpaired) electrons. The zero-order valence-electron chi connectivity index (χ0n) is 11.3. The molecule has 2 rings (SSSR count). The van der Waals surface area contributed by atoms with Gasteiger partial charge in [0.25, 0.3) is 0 Å². The van der Waals surface area contributed by atoms with Crippen LogP contribution in [0.3, 0.4) is 0 Å². The largest absolute Gasteiger partial charge is 0.314 e. The van der Waals surface area contributed by atoms with E-state index < -0.39 is 9.84 Å². The molecule has 0 heterocycles. The Balaban J connectivity index is 2.33. The molecule has 0 saturated heterocycles. The second-order valence-corrected chi connectivity index (χ2v) is 7.10. The highest BCUT2D eigenvalue weighted by atomic mass is 32.2. The summed E-state index contributed by atoms with van der Waals surface area (Å²) < 4.78 is 23.5. The van der Waals surface area contributed by atoms with Crippen LogP contribution in [0.4, 0.5) is 5.69 Å². The summed E-state index contributed by atoms with van der Waals surface area (Å²) in [5.74, 6) is 0.0613. The van der Waals surface area contributed by atoms with E-state index in [9.17, 15) is 13.2 Å². The van der Waals surface area contributed by atoms with Gasteiger partial charge >= 0.3 is 0 Å². The molecule has 0 bridgehead atoms. The molecule has 0 unspecified atom stereocenters. The second kappa shape index (κ2) is 5.33. The van der Waals surface area contributed by atoms with Gasteiger partial charge in [-0.25, -0.2) is 8.42 Å². The van der Waals surface area contributed by atoms with E-state index in [1.54, 1.807) is 31.3 Å². The van der Waals surface area contributed by atoms with Crippen LogP contribution in [0, 0.1) is 5.92 Å². The van der Waals surface area contributed by atoms with E-state index in [1.165, 1.54) is 11.2 Å². The van der Waals surface area contributed by atoms with Crippen molar-refractivity contribution < 1.29 is 13.2 Å². The minimum absolute atomic E-state index is 0.0219. The highest BCUT2D eigenvalue weighted by Crippen LogP contribution is 2.30. The summed E-state index contributed by atoms with van der Waals surface area (Å²) in [6.07, 6.45) is 5.14. The molecule has 104 valence electrons. The molecule has 0 atom stereocenters. The van der Waals surface area contributed by atoms with E-state index >= 15 is 0 Å². The fourth-order valence-electron chi connectivity index (χ4n) is 2.61. The minimum atomic E-state index is -3.33. The van der Waals surface area contributed by atoms with Crippen molar-refractivity contribution in [3.8, 4) is 0 Å². The molecular weight excluding hydrogens is 262 g/mol. The fourth-order valence-corrected chi connectivity index (χ4v) is 3.52. The molecule has 1 aliphatic carbocycles. The third-order valence-corrected chi connectivity index (χ3v) is 4.81. The van der Waals surface area contributed by atoms with Crippen molar-refractivity contribution in [1.82, 2.24) is 0 Å². The van der Waals surface area contributed by atoms with Crippen LogP contribution >= 0.6 is 0 Å². The van der Waals surface area contributed by atoms with E-state index in [1.807, 2.05) is 0 Å². The van der Waals surface area contributed by atoms with Crippen molar-refractivity contribution in [2.24, 2.45) is 5.92 Å². The molecule has 4 nitrogen and oxygen atoms in total. The fraction of sp³-hybridized carbons (Fsp3) is 0.500. The molecule has 19 heavy (non-hydrogen) atoms. The zero-order chi connectivity index (χ0) is 14.0. The lowest BCUT2D eigenvalue weighted by Gasteiger charge is -2.23. The number of amides is 1. The van der Waals surface area contributed by atoms with E-state index in [-0.39, 0.29) is 16.7 Å². The van der Waals surface area contributed by atoms with Crippen molar-refractivity contribution in [3.63, 3.8) is 0 Å². The molecule has 5 heteroatoms. The lowest BCUT2D eigenvalue weighted by molar-refractivity contribution is -0.121. The first-order valence-electron chi connectivity index (χ1n) is 6.48. The van der Waals surface area contributed by atoms with Crippen LogP contribution in [0.5, 0.6) is 0 Å². The van der Waals surface area contributed by atoms with Gasteiger partial charge in [0.05, 0.1) is 10.6 Å². The maximum atomic E-state index is 12.4. The predicted octanol–water partition coefficient (Wildman–Crippen LogP) is 2.24. The highest BCUT2D eigenvalue weighted by Gasteiger charge is 2.28. The number of para-hydroxylation sites is 1. The predicted molar refractivity (Wildman–Crippen MR) is 74.9 cm³/mol. The van der Waals surface area contributed by atoms with Crippen molar-refractivity contribution in [1.29, 1.82) is 0 Å². The average Bonchev–Trinajstić information content (AvgIpc) is 2.90. The maximum absolute atomic E-state index is 12.4. The van der Waals surface area contributed by atoms with Gasteiger partial charge in [-0.3, -0.25) is 4.79 Å². The summed E-state index contributed by atoms with van der Waals surface area (Å²) in [5.41, 5.74) is 0.474. The Labute approximate surface area is 114 Å². The van der Waals surface area contributed by atoms with E-state index in [0.717, 1.165) is 25.7 Å². The number of anilines is 1. The number of carbonyl (C=O) groups is 1. The van der Waals surface area contributed by atoms with E-state index in [2.05, 4.69) is 0 Å². The second-order valence-electron chi connectivity index (χ2n) is 5.12. The molecule has 1 saturated carbocycles. The van der Waals surface area contributed by atoms with Gasteiger partial charge in [-0.1, -0.05) is 25.0 Å². The topological polar surface area (TPSA) is 54.5 Å². The third kappa shape index (κ3) is 2.97. The Hall–Kier alpha value is -1.36. The van der Waals surface area contributed by atoms with Gasteiger partial charge < -0.3 is 4.90 Å². The van der Waals surface area contributed by atoms with Crippen LogP contribution in [0.15, 0.2) is 29.2 Å². The minimum Gasteiger partial charge on any atom is -0.314 e. The van der Waals surface area contributed by atoms with Gasteiger partial charge in [0, 0.05) is 19.2 Å². The molecule has 0 spiro atoms. The summed E-state index contributed by atoms with van der Waals surface area (Å²) in [6.45, 7) is 0. The number of hydrogen-bond acceptors (Lipinski definition) is 3. The average molecular weight is 281 g/mol. The third-order valence-electron chi connectivity index (χ3n) is 3.66. The van der Waals surface area contributed by atoms with Crippen LogP contribution in [0.2, 0.25) is 0 Å². The van der Waals surface area contributed by atoms with Crippen LogP contribution in [-0.2, 0) is 14.6 Å². The van der Waals surface area contributed by atoms with Gasteiger partial charge in [0.2, 0.25) is 5.91 Å². The van der Waals surface area contributed by atoms with Crippen molar-refractivity contribution in [3.05, 3.63) is 24.3 Å². The number of carbonyl (C=O) groups excluding carboxylic acids is 1. The maximum Gasteiger partial charge on any atom is 0.229 e. The molecule has 0 aromatic heterocycles. The van der Waals surface area contributed by atoms with Gasteiger partial charge in [0.1, 0.15) is 0 Å². The van der Waals surface area contributed by atoms with Crippen molar-refractivity contribution in [2.45, 2.75) is 30.6 Å². The number of nitrogens with zero attached hydrogens (tertiary/aromatic N) is 1. The van der Waals surface area contributed by atoms with E-state index in [4.69, 9.17) is 0 Å². The number of sulfone groups is 1. The first kappa shape index (κ1) is 14.1. The molecule has 0 N–H and O–H groups in total. The lowest BCUT2D eigenvalue weighted by Crippen LogP contribution is -2.32. The Bertz CT molecular complexity index is 574. The number of rotatable bonds is 3. The normalized spacial score (nSPS) is 16.5. The van der Waals surface area contributed by atoms with Crippen LogP contribution in [0.25, 0.3) is 0 Å².